The first kappa shape index (κ1) is 20.3. The highest BCUT2D eigenvalue weighted by Gasteiger charge is 2.20. The van der Waals surface area contributed by atoms with Gasteiger partial charge in [-0.1, -0.05) is 12.1 Å². The molecule has 0 aliphatic rings. The molecule has 0 saturated heterocycles. The van der Waals surface area contributed by atoms with Crippen LogP contribution in [0.1, 0.15) is 13.0 Å². The van der Waals surface area contributed by atoms with Crippen molar-refractivity contribution < 1.29 is 27.1 Å². The van der Waals surface area contributed by atoms with E-state index in [9.17, 15) is 22.4 Å². The van der Waals surface area contributed by atoms with Crippen LogP contribution in [0.5, 0.6) is 0 Å². The second-order valence-corrected chi connectivity index (χ2v) is 7.87. The number of fused-ring (bicyclic) bond motifs is 1. The minimum absolute atomic E-state index is 0.174. The largest absolute Gasteiger partial charge is 0.452 e. The van der Waals surface area contributed by atoms with Crippen molar-refractivity contribution in [3.8, 4) is 0 Å². The predicted octanol–water partition coefficient (Wildman–Crippen LogP) is 3.02. The van der Waals surface area contributed by atoms with Crippen molar-refractivity contribution in [3.05, 3.63) is 60.5 Å². The Hall–Kier alpha value is -3.40. The molecule has 0 spiro atoms. The summed E-state index contributed by atoms with van der Waals surface area (Å²) in [5, 5.41) is 3.33. The number of carbonyl (C=O) groups is 2. The van der Waals surface area contributed by atoms with Gasteiger partial charge in [-0.3, -0.25) is 4.79 Å². The summed E-state index contributed by atoms with van der Waals surface area (Å²) in [4.78, 5) is 23.5. The molecular formula is C19H18FN3O5S. The van der Waals surface area contributed by atoms with E-state index in [-0.39, 0.29) is 4.90 Å². The molecule has 0 fully saturated rings. The van der Waals surface area contributed by atoms with Crippen LogP contribution in [-0.4, -0.2) is 32.1 Å². The van der Waals surface area contributed by atoms with Crippen LogP contribution < -0.4 is 10.0 Å². The van der Waals surface area contributed by atoms with Gasteiger partial charge in [0.2, 0.25) is 5.91 Å². The highest BCUT2D eigenvalue weighted by atomic mass is 32.2. The van der Waals surface area contributed by atoms with Gasteiger partial charge in [0.25, 0.3) is 10.0 Å². The fourth-order valence-corrected chi connectivity index (χ4v) is 3.71. The predicted molar refractivity (Wildman–Crippen MR) is 104 cm³/mol. The van der Waals surface area contributed by atoms with Gasteiger partial charge in [-0.2, -0.15) is 0 Å². The minimum Gasteiger partial charge on any atom is -0.452 e. The van der Waals surface area contributed by atoms with Gasteiger partial charge in [-0.25, -0.2) is 22.3 Å². The molecule has 2 aromatic carbocycles. The molecule has 0 unspecified atom stereocenters. The van der Waals surface area contributed by atoms with Gasteiger partial charge < -0.3 is 14.6 Å². The monoisotopic (exact) mass is 419 g/mol. The van der Waals surface area contributed by atoms with Crippen molar-refractivity contribution in [2.75, 3.05) is 12.4 Å². The Labute approximate surface area is 166 Å². The van der Waals surface area contributed by atoms with Gasteiger partial charge in [0.15, 0.2) is 0 Å². The molecule has 8 nitrogen and oxygen atoms in total. The van der Waals surface area contributed by atoms with Crippen molar-refractivity contribution in [1.82, 2.24) is 9.29 Å². The molecular weight excluding hydrogens is 401 g/mol. The summed E-state index contributed by atoms with van der Waals surface area (Å²) in [6.45, 7) is 1.63. The van der Waals surface area contributed by atoms with Crippen molar-refractivity contribution >= 4 is 38.6 Å². The van der Waals surface area contributed by atoms with Gasteiger partial charge in [0.1, 0.15) is 11.9 Å². The first-order valence-corrected chi connectivity index (χ1v) is 9.98. The summed E-state index contributed by atoms with van der Waals surface area (Å²) < 4.78 is 45.7. The maximum absolute atomic E-state index is 14.2. The van der Waals surface area contributed by atoms with E-state index in [0.29, 0.717) is 16.6 Å². The summed E-state index contributed by atoms with van der Waals surface area (Å²) >= 11 is 0. The number of rotatable bonds is 5. The Morgan fingerprint density at radius 1 is 1.10 bits per heavy atom. The van der Waals surface area contributed by atoms with Crippen molar-refractivity contribution in [3.63, 3.8) is 0 Å². The van der Waals surface area contributed by atoms with Gasteiger partial charge in [0, 0.05) is 17.3 Å². The number of methoxy groups -OCH3 is 1. The van der Waals surface area contributed by atoms with Crippen LogP contribution in [0.4, 0.5) is 14.9 Å². The standard InChI is InChI=1S/C19H18FN3O5S/c1-12(23-11-10-13-4-3-5-16(20)17(13)23)18(24)21-14-6-8-15(9-7-14)29(26,27)22-19(25)28-2/h3-12H,1-2H3,(H,21,24)(H,22,25)/t12-/m0/s1. The van der Waals surface area contributed by atoms with Crippen LogP contribution in [0.2, 0.25) is 0 Å². The van der Waals surface area contributed by atoms with Crippen LogP contribution in [0.3, 0.4) is 0 Å². The zero-order valence-corrected chi connectivity index (χ0v) is 16.4. The number of amides is 2. The molecule has 152 valence electrons. The average molecular weight is 419 g/mol. The Morgan fingerprint density at radius 2 is 1.79 bits per heavy atom. The van der Waals surface area contributed by atoms with Gasteiger partial charge in [-0.05, 0) is 43.3 Å². The summed E-state index contributed by atoms with van der Waals surface area (Å²) in [6.07, 6.45) is 0.522. The Bertz CT molecular complexity index is 1170. The zero-order chi connectivity index (χ0) is 21.2. The minimum atomic E-state index is -4.08. The number of ether oxygens (including phenoxy) is 1. The van der Waals surface area contributed by atoms with Crippen LogP contribution in [0.25, 0.3) is 10.9 Å². The first-order chi connectivity index (χ1) is 13.7. The second kappa shape index (κ2) is 7.92. The molecule has 2 N–H and O–H groups in total. The van der Waals surface area contributed by atoms with Crippen LogP contribution in [0.15, 0.2) is 59.6 Å². The fraction of sp³-hybridized carbons (Fsp3) is 0.158. The van der Waals surface area contributed by atoms with E-state index in [2.05, 4.69) is 10.1 Å². The molecule has 0 saturated carbocycles. The van der Waals surface area contributed by atoms with Crippen molar-refractivity contribution in [2.24, 2.45) is 0 Å². The smallest absolute Gasteiger partial charge is 0.420 e. The van der Waals surface area contributed by atoms with E-state index >= 15 is 0 Å². The number of hydrogen-bond acceptors (Lipinski definition) is 5. The zero-order valence-electron chi connectivity index (χ0n) is 15.5. The molecule has 1 atom stereocenters. The lowest BCUT2D eigenvalue weighted by Gasteiger charge is -2.16. The molecule has 0 aliphatic carbocycles. The molecule has 0 bridgehead atoms. The normalized spacial score (nSPS) is 12.4. The highest BCUT2D eigenvalue weighted by molar-refractivity contribution is 7.90. The number of sulfonamides is 1. The highest BCUT2D eigenvalue weighted by Crippen LogP contribution is 2.24. The third-order valence-corrected chi connectivity index (χ3v) is 5.65. The molecule has 10 heteroatoms. The van der Waals surface area contributed by atoms with Crippen LogP contribution in [-0.2, 0) is 19.6 Å². The number of nitrogens with one attached hydrogen (secondary N) is 2. The SMILES string of the molecule is COC(=O)NS(=O)(=O)c1ccc(NC(=O)[C@H](C)n2ccc3cccc(F)c32)cc1. The van der Waals surface area contributed by atoms with Crippen LogP contribution >= 0.6 is 0 Å². The summed E-state index contributed by atoms with van der Waals surface area (Å²) in [5.41, 5.74) is 0.668. The Balaban J connectivity index is 1.76. The molecule has 29 heavy (non-hydrogen) atoms. The van der Waals surface area contributed by atoms with E-state index in [0.717, 1.165) is 7.11 Å². The van der Waals surface area contributed by atoms with E-state index in [1.807, 2.05) is 0 Å². The second-order valence-electron chi connectivity index (χ2n) is 6.19. The van der Waals surface area contributed by atoms with Crippen LogP contribution in [0, 0.1) is 5.82 Å². The number of carbonyl (C=O) groups excluding carboxylic acids is 2. The topological polar surface area (TPSA) is 106 Å². The van der Waals surface area contributed by atoms with Gasteiger partial charge in [-0.15, -0.1) is 0 Å². The number of anilines is 1. The van der Waals surface area contributed by atoms with Gasteiger partial charge >= 0.3 is 6.09 Å². The fourth-order valence-electron chi connectivity index (χ4n) is 2.80. The number of nitrogens with zero attached hydrogens (tertiary/aromatic N) is 1. The van der Waals surface area contributed by atoms with Crippen molar-refractivity contribution in [2.45, 2.75) is 17.9 Å². The lowest BCUT2D eigenvalue weighted by molar-refractivity contribution is -0.118. The maximum Gasteiger partial charge on any atom is 0.420 e. The van der Waals surface area contributed by atoms with Gasteiger partial charge in [0.05, 0.1) is 17.5 Å². The van der Waals surface area contributed by atoms with E-state index in [4.69, 9.17) is 0 Å². The number of hydrogen-bond donors (Lipinski definition) is 2. The average Bonchev–Trinajstić information content (AvgIpc) is 3.13. The number of halogens is 1. The van der Waals surface area contributed by atoms with E-state index in [1.165, 1.54) is 34.9 Å². The number of para-hydroxylation sites is 1. The third kappa shape index (κ3) is 4.21. The lowest BCUT2D eigenvalue weighted by atomic mass is 10.2. The molecule has 3 rings (SSSR count). The Morgan fingerprint density at radius 3 is 2.45 bits per heavy atom. The molecule has 1 heterocycles. The molecule has 0 radical (unpaired) electrons. The van der Waals surface area contributed by atoms with E-state index in [1.54, 1.807) is 36.0 Å². The number of aromatic nitrogens is 1. The van der Waals surface area contributed by atoms with Crippen molar-refractivity contribution in [1.29, 1.82) is 0 Å². The molecule has 2 amide bonds. The summed E-state index contributed by atoms with van der Waals surface area (Å²) in [7, 11) is -3.03. The molecule has 0 aliphatic heterocycles. The maximum atomic E-state index is 14.2. The first-order valence-electron chi connectivity index (χ1n) is 8.49. The lowest BCUT2D eigenvalue weighted by Crippen LogP contribution is -2.30. The third-order valence-electron chi connectivity index (χ3n) is 4.32. The van der Waals surface area contributed by atoms with E-state index < -0.39 is 33.9 Å². The summed E-state index contributed by atoms with van der Waals surface area (Å²) in [6, 6.07) is 10.9. The number of benzene rings is 2. The molecule has 3 aromatic rings. The quantitative estimate of drug-likeness (QED) is 0.661. The summed E-state index contributed by atoms with van der Waals surface area (Å²) in [5.74, 6) is -0.839. The molecule has 1 aromatic heterocycles. The Kier molecular flexibility index (Phi) is 5.55.